The predicted molar refractivity (Wildman–Crippen MR) is 97.2 cm³/mol. The van der Waals surface area contributed by atoms with Gasteiger partial charge < -0.3 is 24.1 Å². The Balaban J connectivity index is 2.03. The number of ether oxygens (including phenoxy) is 4. The Morgan fingerprint density at radius 3 is 2.61 bits per heavy atom. The van der Waals surface area contributed by atoms with Crippen molar-refractivity contribution in [2.45, 2.75) is 63.6 Å². The standard InChI is InChI=1S/C20H28F2O6/c1-4-5-11-25-17(15-12-27-19(2,3)28-15)20(21,22)16(23)13-26-18(24)14-9-7-6-8-10-14/h6-10,15-17,23H,4-5,11-13H2,1-3H3/t15-,16-,17+/m1/s1. The maximum Gasteiger partial charge on any atom is 0.338 e. The van der Waals surface area contributed by atoms with Gasteiger partial charge in [0, 0.05) is 6.61 Å². The zero-order valence-corrected chi connectivity index (χ0v) is 16.4. The largest absolute Gasteiger partial charge is 0.459 e. The van der Waals surface area contributed by atoms with Crippen molar-refractivity contribution in [3.05, 3.63) is 35.9 Å². The first kappa shape index (κ1) is 22.7. The minimum Gasteiger partial charge on any atom is -0.459 e. The van der Waals surface area contributed by atoms with Crippen LogP contribution in [0.1, 0.15) is 44.0 Å². The molecular formula is C20H28F2O6. The van der Waals surface area contributed by atoms with Crippen LogP contribution in [0.25, 0.3) is 0 Å². The Labute approximate surface area is 163 Å². The highest BCUT2D eigenvalue weighted by Crippen LogP contribution is 2.35. The molecule has 0 saturated carbocycles. The zero-order valence-electron chi connectivity index (χ0n) is 16.4. The molecule has 3 atom stereocenters. The van der Waals surface area contributed by atoms with Crippen molar-refractivity contribution in [1.29, 1.82) is 0 Å². The van der Waals surface area contributed by atoms with Crippen LogP contribution in [0, 0.1) is 0 Å². The lowest BCUT2D eigenvalue weighted by Crippen LogP contribution is -2.54. The number of hydrogen-bond acceptors (Lipinski definition) is 6. The van der Waals surface area contributed by atoms with Crippen molar-refractivity contribution < 1.29 is 37.6 Å². The first-order valence-electron chi connectivity index (χ1n) is 9.39. The first-order chi connectivity index (χ1) is 13.2. The average molecular weight is 402 g/mol. The minimum absolute atomic E-state index is 0.0874. The molecule has 0 spiro atoms. The van der Waals surface area contributed by atoms with Gasteiger partial charge in [0.1, 0.15) is 12.7 Å². The van der Waals surface area contributed by atoms with Gasteiger partial charge in [0.2, 0.25) is 0 Å². The van der Waals surface area contributed by atoms with E-state index in [0.29, 0.717) is 6.42 Å². The van der Waals surface area contributed by atoms with E-state index in [9.17, 15) is 18.7 Å². The molecule has 0 amide bonds. The lowest BCUT2D eigenvalue weighted by atomic mass is 10.0. The molecule has 0 aliphatic carbocycles. The number of esters is 1. The average Bonchev–Trinajstić information content (AvgIpc) is 3.02. The van der Waals surface area contributed by atoms with Gasteiger partial charge in [0.25, 0.3) is 0 Å². The van der Waals surface area contributed by atoms with Gasteiger partial charge in [-0.1, -0.05) is 31.5 Å². The Morgan fingerprint density at radius 1 is 1.36 bits per heavy atom. The molecule has 6 nitrogen and oxygen atoms in total. The number of carbonyl (C=O) groups excluding carboxylic acids is 1. The van der Waals surface area contributed by atoms with E-state index >= 15 is 0 Å². The van der Waals surface area contributed by atoms with Gasteiger partial charge in [0.15, 0.2) is 18.0 Å². The number of aliphatic hydroxyl groups is 1. The van der Waals surface area contributed by atoms with Crippen LogP contribution in [0.5, 0.6) is 0 Å². The molecule has 1 aliphatic heterocycles. The summed E-state index contributed by atoms with van der Waals surface area (Å²) in [6.07, 6.45) is -3.68. The molecule has 158 valence electrons. The van der Waals surface area contributed by atoms with E-state index in [1.807, 2.05) is 6.92 Å². The number of hydrogen-bond donors (Lipinski definition) is 1. The molecule has 0 bridgehead atoms. The Kier molecular flexibility index (Phi) is 7.88. The third-order valence-electron chi connectivity index (χ3n) is 4.37. The van der Waals surface area contributed by atoms with Gasteiger partial charge in [-0.2, -0.15) is 0 Å². The summed E-state index contributed by atoms with van der Waals surface area (Å²) in [7, 11) is 0. The fourth-order valence-corrected chi connectivity index (χ4v) is 2.80. The maximum atomic E-state index is 15.0. The van der Waals surface area contributed by atoms with Crippen LogP contribution in [0.2, 0.25) is 0 Å². The topological polar surface area (TPSA) is 74.2 Å². The van der Waals surface area contributed by atoms with Gasteiger partial charge in [-0.15, -0.1) is 0 Å². The van der Waals surface area contributed by atoms with Crippen LogP contribution in [0.15, 0.2) is 30.3 Å². The molecule has 0 radical (unpaired) electrons. The first-order valence-corrected chi connectivity index (χ1v) is 9.39. The summed E-state index contributed by atoms with van der Waals surface area (Å²) in [4.78, 5) is 11.9. The molecule has 1 N–H and O–H groups in total. The highest BCUT2D eigenvalue weighted by atomic mass is 19.3. The minimum atomic E-state index is -3.71. The van der Waals surface area contributed by atoms with E-state index in [2.05, 4.69) is 0 Å². The number of rotatable bonds is 10. The predicted octanol–water partition coefficient (Wildman–Crippen LogP) is 3.18. The highest BCUT2D eigenvalue weighted by molar-refractivity contribution is 5.89. The van der Waals surface area contributed by atoms with Crippen molar-refractivity contribution in [2.24, 2.45) is 0 Å². The SMILES string of the molecule is CCCCO[C@@H]([C@H]1COC(C)(C)O1)C(F)(F)[C@H](O)COC(=O)c1ccccc1. The van der Waals surface area contributed by atoms with Crippen LogP contribution < -0.4 is 0 Å². The van der Waals surface area contributed by atoms with E-state index < -0.39 is 42.6 Å². The van der Waals surface area contributed by atoms with Crippen LogP contribution in [0.3, 0.4) is 0 Å². The van der Waals surface area contributed by atoms with Crippen LogP contribution in [0.4, 0.5) is 8.78 Å². The third-order valence-corrected chi connectivity index (χ3v) is 4.37. The summed E-state index contributed by atoms with van der Waals surface area (Å²) in [5, 5.41) is 10.1. The fourth-order valence-electron chi connectivity index (χ4n) is 2.80. The molecule has 1 fully saturated rings. The summed E-state index contributed by atoms with van der Waals surface area (Å²) < 4.78 is 51.1. The number of carbonyl (C=O) groups is 1. The fraction of sp³-hybridized carbons (Fsp3) is 0.650. The molecule has 1 aromatic carbocycles. The van der Waals surface area contributed by atoms with Gasteiger partial charge in [-0.3, -0.25) is 0 Å². The lowest BCUT2D eigenvalue weighted by Gasteiger charge is -2.33. The lowest BCUT2D eigenvalue weighted by molar-refractivity contribution is -0.239. The summed E-state index contributed by atoms with van der Waals surface area (Å²) in [5.74, 6) is -5.52. The normalized spacial score (nSPS) is 21.3. The second-order valence-corrected chi connectivity index (χ2v) is 7.17. The molecule has 1 aliphatic rings. The number of halogens is 2. The maximum absolute atomic E-state index is 15.0. The molecule has 8 heteroatoms. The quantitative estimate of drug-likeness (QED) is 0.479. The highest BCUT2D eigenvalue weighted by Gasteiger charge is 2.54. The molecule has 1 heterocycles. The monoisotopic (exact) mass is 402 g/mol. The Morgan fingerprint density at radius 2 is 2.04 bits per heavy atom. The number of unbranched alkanes of at least 4 members (excludes halogenated alkanes) is 1. The van der Waals surface area contributed by atoms with Gasteiger partial charge in [-0.05, 0) is 32.4 Å². The van der Waals surface area contributed by atoms with E-state index in [0.717, 1.165) is 6.42 Å². The molecule has 0 unspecified atom stereocenters. The molecule has 28 heavy (non-hydrogen) atoms. The van der Waals surface area contributed by atoms with E-state index in [1.54, 1.807) is 32.0 Å². The van der Waals surface area contributed by atoms with Gasteiger partial charge >= 0.3 is 11.9 Å². The van der Waals surface area contributed by atoms with Crippen molar-refractivity contribution >= 4 is 5.97 Å². The van der Waals surface area contributed by atoms with Gasteiger partial charge in [-0.25, -0.2) is 13.6 Å². The van der Waals surface area contributed by atoms with Crippen molar-refractivity contribution in [3.8, 4) is 0 Å². The Bertz CT molecular complexity index is 622. The van der Waals surface area contributed by atoms with Crippen LogP contribution in [-0.4, -0.2) is 60.9 Å². The number of aliphatic hydroxyl groups excluding tert-OH is 1. The molecule has 0 aromatic heterocycles. The van der Waals surface area contributed by atoms with Crippen molar-refractivity contribution in [2.75, 3.05) is 19.8 Å². The van der Waals surface area contributed by atoms with Crippen LogP contribution >= 0.6 is 0 Å². The van der Waals surface area contributed by atoms with E-state index in [-0.39, 0.29) is 18.8 Å². The van der Waals surface area contributed by atoms with Crippen molar-refractivity contribution in [3.63, 3.8) is 0 Å². The molecule has 2 rings (SSSR count). The van der Waals surface area contributed by atoms with Crippen LogP contribution in [-0.2, 0) is 18.9 Å². The zero-order chi connectivity index (χ0) is 20.8. The van der Waals surface area contributed by atoms with E-state index in [4.69, 9.17) is 18.9 Å². The molecular weight excluding hydrogens is 374 g/mol. The van der Waals surface area contributed by atoms with Crippen molar-refractivity contribution in [1.82, 2.24) is 0 Å². The summed E-state index contributed by atoms with van der Waals surface area (Å²) in [5.41, 5.74) is 0.211. The Hall–Kier alpha value is -1.61. The summed E-state index contributed by atoms with van der Waals surface area (Å²) in [6.45, 7) is 4.28. The second kappa shape index (κ2) is 9.73. The molecule has 1 aromatic rings. The smallest absolute Gasteiger partial charge is 0.338 e. The van der Waals surface area contributed by atoms with E-state index in [1.165, 1.54) is 12.1 Å². The summed E-state index contributed by atoms with van der Waals surface area (Å²) in [6, 6.07) is 7.95. The third kappa shape index (κ3) is 5.94. The van der Waals surface area contributed by atoms with Gasteiger partial charge in [0.05, 0.1) is 12.2 Å². The second-order valence-electron chi connectivity index (χ2n) is 7.17. The number of benzene rings is 1. The number of alkyl halides is 2. The summed E-state index contributed by atoms with van der Waals surface area (Å²) >= 11 is 0. The molecule has 1 saturated heterocycles.